The van der Waals surface area contributed by atoms with Crippen LogP contribution < -0.4 is 10.2 Å². The lowest BCUT2D eigenvalue weighted by Gasteiger charge is -2.26. The van der Waals surface area contributed by atoms with E-state index in [9.17, 15) is 10.1 Å². The molecule has 1 saturated heterocycles. The Morgan fingerprint density at radius 2 is 1.68 bits per heavy atom. The molecule has 41 heavy (non-hydrogen) atoms. The van der Waals surface area contributed by atoms with Crippen molar-refractivity contribution < 1.29 is 9.34 Å². The quantitative estimate of drug-likeness (QED) is 0.110. The summed E-state index contributed by atoms with van der Waals surface area (Å²) in [5.74, 6) is 1.31. The minimum absolute atomic E-state index is 0.0627. The summed E-state index contributed by atoms with van der Waals surface area (Å²) in [7, 11) is 0. The third-order valence-corrected chi connectivity index (χ3v) is 8.49. The van der Waals surface area contributed by atoms with Gasteiger partial charge in [-0.2, -0.15) is 0 Å². The second-order valence-corrected chi connectivity index (χ2v) is 11.5. The summed E-state index contributed by atoms with van der Waals surface area (Å²) in [4.78, 5) is 19.1. The van der Waals surface area contributed by atoms with Gasteiger partial charge in [-0.15, -0.1) is 0 Å². The number of nitro benzene ring substituents is 1. The molecule has 5 aromatic rings. The van der Waals surface area contributed by atoms with Gasteiger partial charge < -0.3 is 14.6 Å². The fourth-order valence-corrected chi connectivity index (χ4v) is 6.38. The standard InChI is InChI=1S/C30H20Cl2N4O3S2/c31-18-4-13-23(24(32)17-18)26-14-15-27(39-26)29-28(25-3-1-2-16-33-25)34-30(40)35(29)19-5-9-21(10-6-19)41-22-11-7-20(8-12-22)36(37)38/h1-17,28-29H,(H,34,40)/t28-,29+/m1/s1. The molecule has 0 spiro atoms. The van der Waals surface area contributed by atoms with Gasteiger partial charge in [0.05, 0.1) is 21.7 Å². The van der Waals surface area contributed by atoms with E-state index in [0.717, 1.165) is 26.7 Å². The molecule has 11 heteroatoms. The van der Waals surface area contributed by atoms with Crippen LogP contribution in [0.25, 0.3) is 11.3 Å². The summed E-state index contributed by atoms with van der Waals surface area (Å²) in [6.07, 6.45) is 1.76. The van der Waals surface area contributed by atoms with Crippen LogP contribution in [0.4, 0.5) is 11.4 Å². The molecule has 1 fully saturated rings. The number of halogens is 2. The van der Waals surface area contributed by atoms with Gasteiger partial charge >= 0.3 is 0 Å². The van der Waals surface area contributed by atoms with E-state index in [-0.39, 0.29) is 17.8 Å². The zero-order chi connectivity index (χ0) is 28.5. The number of nitro groups is 1. The highest BCUT2D eigenvalue weighted by Crippen LogP contribution is 2.44. The predicted octanol–water partition coefficient (Wildman–Crippen LogP) is 8.88. The highest BCUT2D eigenvalue weighted by atomic mass is 35.5. The normalized spacial score (nSPS) is 16.5. The highest BCUT2D eigenvalue weighted by Gasteiger charge is 2.42. The molecule has 7 nitrogen and oxygen atoms in total. The van der Waals surface area contributed by atoms with Gasteiger partial charge in [-0.3, -0.25) is 15.1 Å². The summed E-state index contributed by atoms with van der Waals surface area (Å²) in [6.45, 7) is 0. The number of aromatic nitrogens is 1. The summed E-state index contributed by atoms with van der Waals surface area (Å²) in [6, 6.07) is 28.8. The Balaban J connectivity index is 1.33. The van der Waals surface area contributed by atoms with Crippen LogP contribution >= 0.6 is 47.2 Å². The maximum atomic E-state index is 11.0. The van der Waals surface area contributed by atoms with Gasteiger partial charge in [-0.05, 0) is 91.1 Å². The number of furan rings is 1. The van der Waals surface area contributed by atoms with Crippen molar-refractivity contribution >= 4 is 63.7 Å². The second kappa shape index (κ2) is 11.5. The molecule has 3 aromatic carbocycles. The van der Waals surface area contributed by atoms with Gasteiger partial charge in [0.15, 0.2) is 5.11 Å². The smallest absolute Gasteiger partial charge is 0.269 e. The van der Waals surface area contributed by atoms with E-state index < -0.39 is 4.92 Å². The van der Waals surface area contributed by atoms with Crippen molar-refractivity contribution in [1.29, 1.82) is 0 Å². The van der Waals surface area contributed by atoms with E-state index in [1.165, 1.54) is 23.9 Å². The lowest BCUT2D eigenvalue weighted by molar-refractivity contribution is -0.384. The van der Waals surface area contributed by atoms with Crippen molar-refractivity contribution in [2.24, 2.45) is 0 Å². The number of nitrogens with one attached hydrogen (secondary N) is 1. The lowest BCUT2D eigenvalue weighted by Crippen LogP contribution is -2.29. The summed E-state index contributed by atoms with van der Waals surface area (Å²) in [5.41, 5.74) is 2.51. The molecule has 0 bridgehead atoms. The fourth-order valence-electron chi connectivity index (χ4n) is 4.71. The number of hydrogen-bond acceptors (Lipinski definition) is 6. The summed E-state index contributed by atoms with van der Waals surface area (Å²) in [5, 5.41) is 16.0. The first-order valence-electron chi connectivity index (χ1n) is 12.5. The van der Waals surface area contributed by atoms with Crippen molar-refractivity contribution in [3.8, 4) is 11.3 Å². The van der Waals surface area contributed by atoms with Crippen LogP contribution in [0.15, 0.2) is 117 Å². The Morgan fingerprint density at radius 3 is 2.34 bits per heavy atom. The molecule has 2 aromatic heterocycles. The number of non-ortho nitro benzene ring substituents is 1. The van der Waals surface area contributed by atoms with Gasteiger partial charge in [-0.25, -0.2) is 0 Å². The molecule has 2 atom stereocenters. The van der Waals surface area contributed by atoms with E-state index in [2.05, 4.69) is 10.3 Å². The van der Waals surface area contributed by atoms with E-state index in [4.69, 9.17) is 39.8 Å². The van der Waals surface area contributed by atoms with Crippen molar-refractivity contribution in [3.63, 3.8) is 0 Å². The molecule has 0 saturated carbocycles. The number of nitrogens with zero attached hydrogens (tertiary/aromatic N) is 3. The van der Waals surface area contributed by atoms with Crippen LogP contribution in [0.1, 0.15) is 23.5 Å². The minimum Gasteiger partial charge on any atom is -0.459 e. The monoisotopic (exact) mass is 618 g/mol. The molecule has 0 aliphatic carbocycles. The van der Waals surface area contributed by atoms with Crippen LogP contribution in [-0.4, -0.2) is 15.0 Å². The summed E-state index contributed by atoms with van der Waals surface area (Å²) >= 11 is 19.9. The topological polar surface area (TPSA) is 84.4 Å². The minimum atomic E-state index is -0.406. The SMILES string of the molecule is O=[N+]([O-])c1ccc(Sc2ccc(N3C(=S)N[C@H](c4ccccn4)[C@@H]3c3ccc(-c4ccc(Cl)cc4Cl)o3)cc2)cc1. The van der Waals surface area contributed by atoms with Crippen LogP contribution in [0.2, 0.25) is 10.0 Å². The van der Waals surface area contributed by atoms with Crippen molar-refractivity contribution in [2.45, 2.75) is 21.9 Å². The van der Waals surface area contributed by atoms with Crippen molar-refractivity contribution in [3.05, 3.63) is 135 Å². The first kappa shape index (κ1) is 27.3. The fraction of sp³-hybridized carbons (Fsp3) is 0.0667. The van der Waals surface area contributed by atoms with Crippen molar-refractivity contribution in [2.75, 3.05) is 4.90 Å². The van der Waals surface area contributed by atoms with Gasteiger partial charge in [0.25, 0.3) is 5.69 Å². The molecule has 3 heterocycles. The molecule has 6 rings (SSSR count). The molecule has 1 aliphatic heterocycles. The van der Waals surface area contributed by atoms with E-state index >= 15 is 0 Å². The number of benzene rings is 3. The molecular formula is C30H20Cl2N4O3S2. The van der Waals surface area contributed by atoms with Crippen LogP contribution in [-0.2, 0) is 0 Å². The number of rotatable bonds is 7. The largest absolute Gasteiger partial charge is 0.459 e. The number of thiocarbonyl (C=S) groups is 1. The maximum absolute atomic E-state index is 11.0. The van der Waals surface area contributed by atoms with Gasteiger partial charge in [0.2, 0.25) is 0 Å². The van der Waals surface area contributed by atoms with Gasteiger partial charge in [0.1, 0.15) is 17.6 Å². The van der Waals surface area contributed by atoms with Crippen LogP contribution in [0, 0.1) is 10.1 Å². The maximum Gasteiger partial charge on any atom is 0.269 e. The van der Waals surface area contributed by atoms with Gasteiger partial charge in [-0.1, -0.05) is 41.0 Å². The van der Waals surface area contributed by atoms with Crippen molar-refractivity contribution in [1.82, 2.24) is 10.3 Å². The predicted molar refractivity (Wildman–Crippen MR) is 166 cm³/mol. The average molecular weight is 620 g/mol. The third kappa shape index (κ3) is 5.67. The zero-order valence-electron chi connectivity index (χ0n) is 21.1. The Kier molecular flexibility index (Phi) is 7.68. The third-order valence-electron chi connectivity index (χ3n) is 6.61. The second-order valence-electron chi connectivity index (χ2n) is 9.17. The van der Waals surface area contributed by atoms with Gasteiger partial charge in [0, 0.05) is 44.4 Å². The Morgan fingerprint density at radius 1 is 0.951 bits per heavy atom. The molecule has 1 N–H and O–H groups in total. The zero-order valence-corrected chi connectivity index (χ0v) is 24.3. The van der Waals surface area contributed by atoms with E-state index in [1.807, 2.05) is 65.6 Å². The molecule has 0 unspecified atom stereocenters. The average Bonchev–Trinajstić information content (AvgIpc) is 3.59. The Hall–Kier alpha value is -3.89. The first-order chi connectivity index (χ1) is 19.9. The number of hydrogen-bond donors (Lipinski definition) is 1. The Bertz CT molecular complexity index is 1730. The van der Waals surface area contributed by atoms with Crippen LogP contribution in [0.3, 0.4) is 0 Å². The molecule has 0 amide bonds. The van der Waals surface area contributed by atoms with E-state index in [0.29, 0.717) is 26.7 Å². The molecular weight excluding hydrogens is 599 g/mol. The lowest BCUT2D eigenvalue weighted by atomic mass is 10.0. The molecule has 1 aliphatic rings. The number of pyridine rings is 1. The summed E-state index contributed by atoms with van der Waals surface area (Å²) < 4.78 is 6.41. The highest BCUT2D eigenvalue weighted by molar-refractivity contribution is 7.99. The van der Waals surface area contributed by atoms with Crippen LogP contribution in [0.5, 0.6) is 0 Å². The molecule has 0 radical (unpaired) electrons. The Labute approximate surface area is 255 Å². The first-order valence-corrected chi connectivity index (χ1v) is 14.4. The molecule has 204 valence electrons. The number of anilines is 1. The van der Waals surface area contributed by atoms with E-state index in [1.54, 1.807) is 30.5 Å².